The van der Waals surface area contributed by atoms with Crippen molar-refractivity contribution < 1.29 is 4.79 Å². The van der Waals surface area contributed by atoms with Crippen molar-refractivity contribution in [2.45, 2.75) is 19.9 Å². The Morgan fingerprint density at radius 3 is 2.46 bits per heavy atom. The molecule has 13 heavy (non-hydrogen) atoms. The summed E-state index contributed by atoms with van der Waals surface area (Å²) in [5.74, 6) is -0.0288. The third-order valence-electron chi connectivity index (χ3n) is 1.58. The van der Waals surface area contributed by atoms with Crippen LogP contribution in [-0.4, -0.2) is 57.3 Å². The molecule has 0 N–H and O–H groups in total. The van der Waals surface area contributed by atoms with Gasteiger partial charge in [-0.2, -0.15) is 0 Å². The second-order valence-electron chi connectivity index (χ2n) is 2.55. The molecule has 0 spiro atoms. The first-order chi connectivity index (χ1) is 5.83. The maximum atomic E-state index is 10.8. The van der Waals surface area contributed by atoms with Gasteiger partial charge in [0.25, 0.3) is 0 Å². The Hall–Kier alpha value is 0.326. The molecule has 0 bridgehead atoms. The second-order valence-corrected chi connectivity index (χ2v) is 2.55. The van der Waals surface area contributed by atoms with Gasteiger partial charge in [0.1, 0.15) is 0 Å². The number of carbonyl (C=O) groups excluding carboxylic acids is 1. The van der Waals surface area contributed by atoms with E-state index in [1.807, 2.05) is 37.3 Å². The first-order valence-corrected chi connectivity index (χ1v) is 4.07. The van der Waals surface area contributed by atoms with Gasteiger partial charge in [-0.3, -0.25) is 4.79 Å². The van der Waals surface area contributed by atoms with Crippen LogP contribution in [0.15, 0.2) is 30.3 Å². The van der Waals surface area contributed by atoms with Crippen LogP contribution in [0.5, 0.6) is 0 Å². The van der Waals surface area contributed by atoms with Crippen LogP contribution in [0.4, 0.5) is 0 Å². The van der Waals surface area contributed by atoms with E-state index in [1.54, 1.807) is 0 Å². The Morgan fingerprint density at radius 2 is 1.92 bits per heavy atom. The Balaban J connectivity index is 0.00000144. The summed E-state index contributed by atoms with van der Waals surface area (Å²) in [5, 5.41) is 3.87. The number of benzene rings is 1. The number of hydrogen-bond acceptors (Lipinski definition) is 1. The van der Waals surface area contributed by atoms with Crippen LogP contribution < -0.4 is 5.32 Å². The molecular formula is C10H13KNO. The van der Waals surface area contributed by atoms with Crippen LogP contribution in [0.25, 0.3) is 0 Å². The van der Waals surface area contributed by atoms with Gasteiger partial charge in [0.05, 0.1) is 6.54 Å². The summed E-state index contributed by atoms with van der Waals surface area (Å²) in [7, 11) is 0. The van der Waals surface area contributed by atoms with Crippen molar-refractivity contribution in [1.82, 2.24) is 5.32 Å². The van der Waals surface area contributed by atoms with Crippen molar-refractivity contribution in [2.24, 2.45) is 0 Å². The Morgan fingerprint density at radius 1 is 1.31 bits per heavy atom. The molecule has 3 heteroatoms. The van der Waals surface area contributed by atoms with Crippen LogP contribution in [0.3, 0.4) is 0 Å². The third kappa shape index (κ3) is 5.60. The summed E-state index contributed by atoms with van der Waals surface area (Å²) in [6.45, 7) is 2.32. The molecule has 0 fully saturated rings. The summed E-state index contributed by atoms with van der Waals surface area (Å²) < 4.78 is 0. The standard InChI is InChI=1S/C10H12NO.K.H/c1-2-10(12)11-8-9-6-4-3-5-7-9;;/h3-7H,2,8H2,1H3;;. The van der Waals surface area contributed by atoms with Gasteiger partial charge in [-0.15, -0.1) is 0 Å². The fraction of sp³-hybridized carbons (Fsp3) is 0.300. The normalized spacial score (nSPS) is 8.69. The van der Waals surface area contributed by atoms with Crippen LogP contribution in [0, 0.1) is 0 Å². The van der Waals surface area contributed by atoms with Crippen molar-refractivity contribution in [1.29, 1.82) is 0 Å². The fourth-order valence-corrected chi connectivity index (χ4v) is 0.875. The second kappa shape index (κ2) is 7.70. The molecule has 0 aliphatic heterocycles. The first kappa shape index (κ1) is 13.3. The number of hydrogen-bond donors (Lipinski definition) is 0. The fourth-order valence-electron chi connectivity index (χ4n) is 0.875. The van der Waals surface area contributed by atoms with Crippen molar-refractivity contribution in [3.8, 4) is 0 Å². The molecule has 1 aromatic rings. The molecule has 0 aliphatic carbocycles. The van der Waals surface area contributed by atoms with E-state index in [9.17, 15) is 4.79 Å². The van der Waals surface area contributed by atoms with Crippen molar-refractivity contribution >= 4 is 57.3 Å². The third-order valence-corrected chi connectivity index (χ3v) is 1.58. The molecule has 0 aromatic heterocycles. The predicted octanol–water partition coefficient (Wildman–Crippen LogP) is 1.08. The number of amides is 1. The van der Waals surface area contributed by atoms with Crippen molar-refractivity contribution in [3.05, 3.63) is 35.9 Å². The molecule has 0 unspecified atom stereocenters. The Bertz CT molecular complexity index is 248. The van der Waals surface area contributed by atoms with Crippen LogP contribution >= 0.6 is 0 Å². The summed E-state index contributed by atoms with van der Waals surface area (Å²) in [5.41, 5.74) is 1.08. The number of nitrogens with zero attached hydrogens (tertiary/aromatic N) is 1. The van der Waals surface area contributed by atoms with Gasteiger partial charge in [0.15, 0.2) is 0 Å². The van der Waals surface area contributed by atoms with Gasteiger partial charge in [0, 0.05) is 6.42 Å². The van der Waals surface area contributed by atoms with Crippen molar-refractivity contribution in [2.75, 3.05) is 0 Å². The van der Waals surface area contributed by atoms with E-state index in [0.717, 1.165) is 5.56 Å². The molecule has 1 aromatic carbocycles. The van der Waals surface area contributed by atoms with E-state index in [1.165, 1.54) is 0 Å². The average Bonchev–Trinajstić information content (AvgIpc) is 2.16. The Kier molecular flexibility index (Phi) is 7.90. The molecular weight excluding hydrogens is 189 g/mol. The summed E-state index contributed by atoms with van der Waals surface area (Å²) >= 11 is 0. The zero-order valence-corrected chi connectivity index (χ0v) is 7.16. The quantitative estimate of drug-likeness (QED) is 0.675. The first-order valence-electron chi connectivity index (χ1n) is 4.07. The van der Waals surface area contributed by atoms with E-state index >= 15 is 0 Å². The summed E-state index contributed by atoms with van der Waals surface area (Å²) in [6, 6.07) is 9.77. The molecule has 0 heterocycles. The zero-order chi connectivity index (χ0) is 8.81. The minimum atomic E-state index is -0.0288. The van der Waals surface area contributed by atoms with Crippen LogP contribution in [0.2, 0.25) is 0 Å². The SMILES string of the molecule is CCC(=O)[N]Cc1ccccc1.[KH]. The van der Waals surface area contributed by atoms with Gasteiger partial charge in [-0.1, -0.05) is 37.3 Å². The molecule has 2 nitrogen and oxygen atoms in total. The average molecular weight is 202 g/mol. The molecule has 0 atom stereocenters. The molecule has 0 saturated carbocycles. The monoisotopic (exact) mass is 202 g/mol. The molecule has 0 aliphatic rings. The minimum absolute atomic E-state index is 0. The van der Waals surface area contributed by atoms with Crippen molar-refractivity contribution in [3.63, 3.8) is 0 Å². The maximum absolute atomic E-state index is 10.8. The van der Waals surface area contributed by atoms with E-state index in [0.29, 0.717) is 13.0 Å². The number of carbonyl (C=O) groups is 1. The van der Waals surface area contributed by atoms with Gasteiger partial charge in [0.2, 0.25) is 5.91 Å². The van der Waals surface area contributed by atoms with Gasteiger partial charge < -0.3 is 0 Å². The Labute approximate surface area is 122 Å². The molecule has 0 saturated heterocycles. The molecule has 1 radical (unpaired) electrons. The summed E-state index contributed by atoms with van der Waals surface area (Å²) in [6.07, 6.45) is 0.493. The predicted molar refractivity (Wildman–Crippen MR) is 54.7 cm³/mol. The van der Waals surface area contributed by atoms with Gasteiger partial charge in [-0.25, -0.2) is 5.32 Å². The molecule has 65 valence electrons. The van der Waals surface area contributed by atoms with Gasteiger partial charge >= 0.3 is 51.4 Å². The molecule has 1 rings (SSSR count). The van der Waals surface area contributed by atoms with E-state index in [4.69, 9.17) is 0 Å². The van der Waals surface area contributed by atoms with E-state index < -0.39 is 0 Å². The summed E-state index contributed by atoms with van der Waals surface area (Å²) in [4.78, 5) is 10.8. The van der Waals surface area contributed by atoms with Gasteiger partial charge in [-0.05, 0) is 5.56 Å². The van der Waals surface area contributed by atoms with Crippen LogP contribution in [-0.2, 0) is 11.3 Å². The van der Waals surface area contributed by atoms with Crippen LogP contribution in [0.1, 0.15) is 18.9 Å². The molecule has 1 amide bonds. The zero-order valence-electron chi connectivity index (χ0n) is 7.16. The van der Waals surface area contributed by atoms with E-state index in [-0.39, 0.29) is 57.3 Å². The van der Waals surface area contributed by atoms with E-state index in [2.05, 4.69) is 5.32 Å². The number of rotatable bonds is 3. The topological polar surface area (TPSA) is 31.2 Å².